The molecular weight excluding hydrogens is 297 g/mol. The molecule has 2 aromatic rings. The van der Waals surface area contributed by atoms with E-state index in [0.717, 1.165) is 23.5 Å². The maximum absolute atomic E-state index is 12.8. The molecule has 0 saturated carbocycles. The first-order chi connectivity index (χ1) is 8.88. The van der Waals surface area contributed by atoms with Gasteiger partial charge in [-0.3, -0.25) is 9.62 Å². The monoisotopic (exact) mass is 306 g/mol. The van der Waals surface area contributed by atoms with Crippen molar-refractivity contribution in [3.05, 3.63) is 22.5 Å². The van der Waals surface area contributed by atoms with Crippen molar-refractivity contribution in [3.63, 3.8) is 0 Å². The summed E-state index contributed by atoms with van der Waals surface area (Å²) in [6, 6.07) is 2.01. The van der Waals surface area contributed by atoms with Gasteiger partial charge >= 0.3 is 6.18 Å². The molecule has 1 aliphatic rings. The molecule has 1 atom stereocenters. The third-order valence-corrected chi connectivity index (χ3v) is 5.45. The lowest BCUT2D eigenvalue weighted by Gasteiger charge is -2.09. The summed E-state index contributed by atoms with van der Waals surface area (Å²) in [7, 11) is -1.44. The Hall–Kier alpha value is -1.15. The van der Waals surface area contributed by atoms with Crippen LogP contribution < -0.4 is 4.80 Å². The number of nitrogens with zero attached hydrogens (tertiary/aromatic N) is 1. The SMILES string of the molecule is N=c1sc2cc(C(F)(F)F)cc3c2n1CCCS3=O. The van der Waals surface area contributed by atoms with Crippen LogP contribution in [0, 0.1) is 5.41 Å². The number of benzene rings is 1. The van der Waals surface area contributed by atoms with E-state index in [2.05, 4.69) is 0 Å². The number of hydrogen-bond acceptors (Lipinski definition) is 3. The third-order valence-electron chi connectivity index (χ3n) is 3.05. The smallest absolute Gasteiger partial charge is 0.316 e. The predicted molar refractivity (Wildman–Crippen MR) is 66.6 cm³/mol. The van der Waals surface area contributed by atoms with Crippen molar-refractivity contribution in [1.29, 1.82) is 5.41 Å². The summed E-state index contributed by atoms with van der Waals surface area (Å²) in [5.41, 5.74) is -0.266. The summed E-state index contributed by atoms with van der Waals surface area (Å²) in [4.78, 5) is 0.409. The highest BCUT2D eigenvalue weighted by atomic mass is 32.2. The third kappa shape index (κ3) is 2.02. The molecule has 0 amide bonds. The lowest BCUT2D eigenvalue weighted by Crippen LogP contribution is -2.12. The highest BCUT2D eigenvalue weighted by Gasteiger charge is 2.33. The minimum absolute atomic E-state index is 0.203. The molecule has 0 aliphatic carbocycles. The highest BCUT2D eigenvalue weighted by molar-refractivity contribution is 7.85. The molecule has 0 saturated heterocycles. The first kappa shape index (κ1) is 12.9. The number of aryl methyl sites for hydroxylation is 1. The molecule has 1 N–H and O–H groups in total. The Morgan fingerprint density at radius 1 is 1.37 bits per heavy atom. The van der Waals surface area contributed by atoms with Gasteiger partial charge in [0.1, 0.15) is 0 Å². The van der Waals surface area contributed by atoms with Crippen LogP contribution in [-0.2, 0) is 23.5 Å². The second-order valence-electron chi connectivity index (χ2n) is 4.28. The number of halogens is 3. The summed E-state index contributed by atoms with van der Waals surface area (Å²) < 4.78 is 52.6. The molecule has 2 heterocycles. The number of aromatic nitrogens is 1. The standard InChI is InChI=1S/C11H9F3N2OS2/c12-11(13,14)6-4-7-9-8(5-6)19(17)3-1-2-16(9)10(15)18-7/h4-5,15H,1-3H2. The normalized spacial score (nSPS) is 19.6. The Morgan fingerprint density at radius 2 is 2.11 bits per heavy atom. The lowest BCUT2D eigenvalue weighted by molar-refractivity contribution is -0.137. The van der Waals surface area contributed by atoms with Crippen LogP contribution in [0.15, 0.2) is 17.0 Å². The average Bonchev–Trinajstić information content (AvgIpc) is 2.51. The van der Waals surface area contributed by atoms with Gasteiger partial charge in [0.2, 0.25) is 0 Å². The lowest BCUT2D eigenvalue weighted by atomic mass is 10.2. The minimum Gasteiger partial charge on any atom is -0.316 e. The summed E-state index contributed by atoms with van der Waals surface area (Å²) in [5, 5.41) is 7.82. The first-order valence-electron chi connectivity index (χ1n) is 5.55. The summed E-state index contributed by atoms with van der Waals surface area (Å²) >= 11 is 0.994. The zero-order valence-corrected chi connectivity index (χ0v) is 11.2. The highest BCUT2D eigenvalue weighted by Crippen LogP contribution is 2.36. The van der Waals surface area contributed by atoms with E-state index in [1.807, 2.05) is 0 Å². The van der Waals surface area contributed by atoms with E-state index < -0.39 is 22.5 Å². The molecule has 1 aromatic heterocycles. The van der Waals surface area contributed by atoms with Crippen LogP contribution >= 0.6 is 11.3 Å². The van der Waals surface area contributed by atoms with Gasteiger partial charge in [-0.25, -0.2) is 0 Å². The molecule has 0 spiro atoms. The van der Waals surface area contributed by atoms with Gasteiger partial charge in [-0.15, -0.1) is 0 Å². The summed E-state index contributed by atoms with van der Waals surface area (Å²) in [6.45, 7) is 0.531. The summed E-state index contributed by atoms with van der Waals surface area (Å²) in [5.74, 6) is 0.336. The van der Waals surface area contributed by atoms with Crippen molar-refractivity contribution in [2.75, 3.05) is 5.75 Å². The van der Waals surface area contributed by atoms with Crippen molar-refractivity contribution in [2.24, 2.45) is 0 Å². The zero-order chi connectivity index (χ0) is 13.8. The van der Waals surface area contributed by atoms with E-state index in [0.29, 0.717) is 28.9 Å². The van der Waals surface area contributed by atoms with E-state index in [-0.39, 0.29) is 9.70 Å². The Morgan fingerprint density at radius 3 is 2.79 bits per heavy atom. The minimum atomic E-state index is -4.46. The predicted octanol–water partition coefficient (Wildman–Crippen LogP) is 2.71. The molecule has 8 heteroatoms. The van der Waals surface area contributed by atoms with Gasteiger partial charge in [0, 0.05) is 12.3 Å². The molecule has 0 radical (unpaired) electrons. The van der Waals surface area contributed by atoms with Crippen LogP contribution in [0.3, 0.4) is 0 Å². The first-order valence-corrected chi connectivity index (χ1v) is 7.69. The van der Waals surface area contributed by atoms with E-state index in [1.165, 1.54) is 0 Å². The Balaban J connectivity index is 2.42. The second-order valence-corrected chi connectivity index (χ2v) is 6.85. The molecule has 102 valence electrons. The van der Waals surface area contributed by atoms with Crippen molar-refractivity contribution in [2.45, 2.75) is 24.0 Å². The number of rotatable bonds is 0. The maximum atomic E-state index is 12.8. The van der Waals surface area contributed by atoms with Crippen LogP contribution in [0.4, 0.5) is 13.2 Å². The molecule has 19 heavy (non-hydrogen) atoms. The summed E-state index contributed by atoms with van der Waals surface area (Å²) in [6.07, 6.45) is -3.86. The fraction of sp³-hybridized carbons (Fsp3) is 0.364. The van der Waals surface area contributed by atoms with Gasteiger partial charge < -0.3 is 4.57 Å². The van der Waals surface area contributed by atoms with Crippen LogP contribution in [0.25, 0.3) is 10.2 Å². The van der Waals surface area contributed by atoms with Gasteiger partial charge in [0.05, 0.1) is 31.5 Å². The van der Waals surface area contributed by atoms with Crippen LogP contribution in [0.5, 0.6) is 0 Å². The van der Waals surface area contributed by atoms with Gasteiger partial charge in [0.15, 0.2) is 4.80 Å². The van der Waals surface area contributed by atoms with Gasteiger partial charge in [-0.2, -0.15) is 13.2 Å². The quantitative estimate of drug-likeness (QED) is 0.799. The Bertz CT molecular complexity index is 745. The maximum Gasteiger partial charge on any atom is 0.416 e. The fourth-order valence-corrected chi connectivity index (χ4v) is 4.57. The number of hydrogen-bond donors (Lipinski definition) is 1. The number of alkyl halides is 3. The average molecular weight is 306 g/mol. The number of thiazole rings is 1. The van der Waals surface area contributed by atoms with E-state index in [4.69, 9.17) is 5.41 Å². The zero-order valence-electron chi connectivity index (χ0n) is 9.58. The van der Waals surface area contributed by atoms with Crippen LogP contribution in [0.2, 0.25) is 0 Å². The molecule has 3 rings (SSSR count). The van der Waals surface area contributed by atoms with Gasteiger partial charge in [0.25, 0.3) is 0 Å². The fourth-order valence-electron chi connectivity index (χ4n) is 2.20. The van der Waals surface area contributed by atoms with E-state index >= 15 is 0 Å². The molecular formula is C11H9F3N2OS2. The molecule has 1 aliphatic heterocycles. The van der Waals surface area contributed by atoms with E-state index in [1.54, 1.807) is 4.57 Å². The van der Waals surface area contributed by atoms with E-state index in [9.17, 15) is 17.4 Å². The molecule has 1 aromatic carbocycles. The number of nitrogens with one attached hydrogen (secondary N) is 1. The molecule has 0 fully saturated rings. The topological polar surface area (TPSA) is 45.9 Å². The molecule has 1 unspecified atom stereocenters. The largest absolute Gasteiger partial charge is 0.416 e. The second kappa shape index (κ2) is 4.17. The van der Waals surface area contributed by atoms with Crippen molar-refractivity contribution in [3.8, 4) is 0 Å². The van der Waals surface area contributed by atoms with Gasteiger partial charge in [-0.1, -0.05) is 11.3 Å². The Labute approximate surface area is 112 Å². The molecule has 0 bridgehead atoms. The van der Waals surface area contributed by atoms with Crippen molar-refractivity contribution >= 4 is 32.4 Å². The van der Waals surface area contributed by atoms with Crippen LogP contribution in [0.1, 0.15) is 12.0 Å². The van der Waals surface area contributed by atoms with Crippen molar-refractivity contribution in [1.82, 2.24) is 4.57 Å². The Kier molecular flexibility index (Phi) is 2.82. The van der Waals surface area contributed by atoms with Crippen molar-refractivity contribution < 1.29 is 17.4 Å². The molecule has 3 nitrogen and oxygen atoms in total. The van der Waals surface area contributed by atoms with Crippen LogP contribution in [-0.4, -0.2) is 14.5 Å². The van der Waals surface area contributed by atoms with Gasteiger partial charge in [-0.05, 0) is 18.6 Å².